The maximum atomic E-state index is 12.2. The van der Waals surface area contributed by atoms with E-state index in [-0.39, 0.29) is 18.2 Å². The predicted molar refractivity (Wildman–Crippen MR) is 81.6 cm³/mol. The number of rotatable bonds is 6. The standard InChI is InChI=1S/C14H18ClNO3S/c1-8(2)12(7-13(17)18)16-14(19)10-6-9(20-3)4-5-11(10)15/h4-6,8,12H,7H2,1-3H3,(H,16,19)(H,17,18). The lowest BCUT2D eigenvalue weighted by Gasteiger charge is -2.21. The van der Waals surface area contributed by atoms with Crippen LogP contribution in [0.25, 0.3) is 0 Å². The van der Waals surface area contributed by atoms with E-state index in [4.69, 9.17) is 16.7 Å². The van der Waals surface area contributed by atoms with Crippen molar-refractivity contribution < 1.29 is 14.7 Å². The first-order chi connectivity index (χ1) is 9.35. The van der Waals surface area contributed by atoms with Crippen LogP contribution in [0.5, 0.6) is 0 Å². The van der Waals surface area contributed by atoms with E-state index in [1.807, 2.05) is 26.2 Å². The number of hydrogen-bond donors (Lipinski definition) is 2. The van der Waals surface area contributed by atoms with Crippen molar-refractivity contribution in [1.29, 1.82) is 0 Å². The molecule has 0 aromatic heterocycles. The number of carboxylic acids is 1. The first-order valence-corrected chi connectivity index (χ1v) is 7.81. The molecule has 0 aliphatic rings. The fourth-order valence-corrected chi connectivity index (χ4v) is 2.34. The summed E-state index contributed by atoms with van der Waals surface area (Å²) in [5.74, 6) is -1.25. The molecule has 2 N–H and O–H groups in total. The van der Waals surface area contributed by atoms with Gasteiger partial charge in [-0.2, -0.15) is 0 Å². The second-order valence-electron chi connectivity index (χ2n) is 4.77. The van der Waals surface area contributed by atoms with Crippen LogP contribution in [0, 0.1) is 5.92 Å². The van der Waals surface area contributed by atoms with Gasteiger partial charge in [0.1, 0.15) is 0 Å². The number of benzene rings is 1. The normalized spacial score (nSPS) is 12.2. The van der Waals surface area contributed by atoms with Gasteiger partial charge >= 0.3 is 5.97 Å². The number of thioether (sulfide) groups is 1. The van der Waals surface area contributed by atoms with Crippen molar-refractivity contribution >= 4 is 35.2 Å². The predicted octanol–water partition coefficient (Wildman–Crippen LogP) is 3.29. The van der Waals surface area contributed by atoms with Crippen molar-refractivity contribution in [3.05, 3.63) is 28.8 Å². The summed E-state index contributed by atoms with van der Waals surface area (Å²) in [6.07, 6.45) is 1.80. The highest BCUT2D eigenvalue weighted by atomic mass is 35.5. The second kappa shape index (κ2) is 7.55. The third-order valence-electron chi connectivity index (χ3n) is 2.93. The molecule has 0 bridgehead atoms. The smallest absolute Gasteiger partial charge is 0.305 e. The third kappa shape index (κ3) is 4.72. The Morgan fingerprint density at radius 2 is 2.05 bits per heavy atom. The molecule has 0 radical (unpaired) electrons. The van der Waals surface area contributed by atoms with Gasteiger partial charge in [0.2, 0.25) is 0 Å². The summed E-state index contributed by atoms with van der Waals surface area (Å²) < 4.78 is 0. The van der Waals surface area contributed by atoms with Crippen molar-refractivity contribution in [2.45, 2.75) is 31.2 Å². The molecule has 0 aliphatic heterocycles. The van der Waals surface area contributed by atoms with Crippen LogP contribution in [-0.2, 0) is 4.79 Å². The Kier molecular flexibility index (Phi) is 6.36. The molecule has 0 saturated heterocycles. The zero-order valence-corrected chi connectivity index (χ0v) is 13.2. The first-order valence-electron chi connectivity index (χ1n) is 6.21. The van der Waals surface area contributed by atoms with Gasteiger partial charge in [0.15, 0.2) is 0 Å². The van der Waals surface area contributed by atoms with Crippen molar-refractivity contribution in [3.8, 4) is 0 Å². The molecule has 4 nitrogen and oxygen atoms in total. The molecule has 1 aromatic carbocycles. The van der Waals surface area contributed by atoms with E-state index >= 15 is 0 Å². The number of hydrogen-bond acceptors (Lipinski definition) is 3. The largest absolute Gasteiger partial charge is 0.481 e. The van der Waals surface area contributed by atoms with Crippen molar-refractivity contribution in [2.75, 3.05) is 6.26 Å². The van der Waals surface area contributed by atoms with Gasteiger partial charge < -0.3 is 10.4 Å². The minimum absolute atomic E-state index is 0.0255. The summed E-state index contributed by atoms with van der Waals surface area (Å²) in [5, 5.41) is 12.0. The molecule has 110 valence electrons. The Labute approximate surface area is 127 Å². The van der Waals surface area contributed by atoms with Gasteiger partial charge in [-0.05, 0) is 30.4 Å². The number of amides is 1. The van der Waals surface area contributed by atoms with E-state index in [0.717, 1.165) is 4.90 Å². The third-order valence-corrected chi connectivity index (χ3v) is 3.99. The number of nitrogens with one attached hydrogen (secondary N) is 1. The van der Waals surface area contributed by atoms with Crippen molar-refractivity contribution in [1.82, 2.24) is 5.32 Å². The summed E-state index contributed by atoms with van der Waals surface area (Å²) in [6.45, 7) is 3.74. The molecule has 1 atom stereocenters. The Morgan fingerprint density at radius 3 is 2.55 bits per heavy atom. The quantitative estimate of drug-likeness (QED) is 0.791. The Balaban J connectivity index is 2.91. The molecular weight excluding hydrogens is 298 g/mol. The summed E-state index contributed by atoms with van der Waals surface area (Å²) in [4.78, 5) is 24.0. The molecule has 0 heterocycles. The van der Waals surface area contributed by atoms with Gasteiger partial charge in [-0.25, -0.2) is 0 Å². The van der Waals surface area contributed by atoms with E-state index in [0.29, 0.717) is 10.6 Å². The van der Waals surface area contributed by atoms with Crippen molar-refractivity contribution in [2.24, 2.45) is 5.92 Å². The molecule has 1 unspecified atom stereocenters. The average molecular weight is 316 g/mol. The van der Waals surface area contributed by atoms with E-state index in [1.54, 1.807) is 12.1 Å². The molecule has 0 aliphatic carbocycles. The van der Waals surface area contributed by atoms with E-state index in [9.17, 15) is 9.59 Å². The minimum Gasteiger partial charge on any atom is -0.481 e. The number of aliphatic carboxylic acids is 1. The van der Waals surface area contributed by atoms with Crippen LogP contribution in [-0.4, -0.2) is 29.3 Å². The fourth-order valence-electron chi connectivity index (χ4n) is 1.69. The Morgan fingerprint density at radius 1 is 1.40 bits per heavy atom. The number of halogens is 1. The molecule has 6 heteroatoms. The van der Waals surface area contributed by atoms with Gasteiger partial charge in [-0.3, -0.25) is 9.59 Å². The highest BCUT2D eigenvalue weighted by Crippen LogP contribution is 2.23. The van der Waals surface area contributed by atoms with Crippen LogP contribution >= 0.6 is 23.4 Å². The lowest BCUT2D eigenvalue weighted by Crippen LogP contribution is -2.40. The summed E-state index contributed by atoms with van der Waals surface area (Å²) in [5.41, 5.74) is 0.370. The van der Waals surface area contributed by atoms with Crippen molar-refractivity contribution in [3.63, 3.8) is 0 Å². The lowest BCUT2D eigenvalue weighted by atomic mass is 10.0. The zero-order valence-electron chi connectivity index (χ0n) is 11.6. The van der Waals surface area contributed by atoms with E-state index in [2.05, 4.69) is 5.32 Å². The van der Waals surface area contributed by atoms with Crippen LogP contribution in [0.3, 0.4) is 0 Å². The lowest BCUT2D eigenvalue weighted by molar-refractivity contribution is -0.137. The van der Waals surface area contributed by atoms with Crippen LogP contribution in [0.1, 0.15) is 30.6 Å². The summed E-state index contributed by atoms with van der Waals surface area (Å²) >= 11 is 7.54. The second-order valence-corrected chi connectivity index (χ2v) is 6.05. The van der Waals surface area contributed by atoms with Gasteiger partial charge in [-0.15, -0.1) is 11.8 Å². The topological polar surface area (TPSA) is 66.4 Å². The van der Waals surface area contributed by atoms with Crippen LogP contribution in [0.4, 0.5) is 0 Å². The Hall–Kier alpha value is -1.20. The zero-order chi connectivity index (χ0) is 15.3. The van der Waals surface area contributed by atoms with Gasteiger partial charge in [0.05, 0.1) is 17.0 Å². The maximum Gasteiger partial charge on any atom is 0.305 e. The Bertz CT molecular complexity index is 505. The monoisotopic (exact) mass is 315 g/mol. The molecule has 0 fully saturated rings. The molecule has 1 aromatic rings. The minimum atomic E-state index is -0.937. The summed E-state index contributed by atoms with van der Waals surface area (Å²) in [6, 6.07) is 4.79. The highest BCUT2D eigenvalue weighted by Gasteiger charge is 2.21. The summed E-state index contributed by atoms with van der Waals surface area (Å²) in [7, 11) is 0. The maximum absolute atomic E-state index is 12.2. The van der Waals surface area contributed by atoms with Crippen LogP contribution in [0.2, 0.25) is 5.02 Å². The van der Waals surface area contributed by atoms with Crippen LogP contribution < -0.4 is 5.32 Å². The molecule has 0 saturated carbocycles. The highest BCUT2D eigenvalue weighted by molar-refractivity contribution is 7.98. The fraction of sp³-hybridized carbons (Fsp3) is 0.429. The first kappa shape index (κ1) is 16.9. The van der Waals surface area contributed by atoms with Crippen LogP contribution in [0.15, 0.2) is 23.1 Å². The average Bonchev–Trinajstić information content (AvgIpc) is 2.37. The van der Waals surface area contributed by atoms with Gasteiger partial charge in [0.25, 0.3) is 5.91 Å². The van der Waals surface area contributed by atoms with Gasteiger partial charge in [0, 0.05) is 10.9 Å². The SMILES string of the molecule is CSc1ccc(Cl)c(C(=O)NC(CC(=O)O)C(C)C)c1. The molecule has 1 amide bonds. The molecule has 1 rings (SSSR count). The molecular formula is C14H18ClNO3S. The number of carboxylic acid groups (broad SMARTS) is 1. The van der Waals surface area contributed by atoms with Gasteiger partial charge in [-0.1, -0.05) is 25.4 Å². The van der Waals surface area contributed by atoms with E-state index in [1.165, 1.54) is 11.8 Å². The number of carbonyl (C=O) groups is 2. The molecule has 0 spiro atoms. The van der Waals surface area contributed by atoms with E-state index < -0.39 is 12.0 Å². The number of carbonyl (C=O) groups excluding carboxylic acids is 1. The molecule has 20 heavy (non-hydrogen) atoms.